The molecule has 0 aliphatic carbocycles. The van der Waals surface area contributed by atoms with E-state index in [2.05, 4.69) is 55.2 Å². The molecule has 0 fully saturated rings. The lowest BCUT2D eigenvalue weighted by Gasteiger charge is -2.44. The lowest BCUT2D eigenvalue weighted by molar-refractivity contribution is -0.144. The minimum Gasteiger partial charge on any atom is -0.467 e. The molecule has 0 saturated carbocycles. The van der Waals surface area contributed by atoms with Crippen molar-refractivity contribution in [1.29, 1.82) is 0 Å². The number of fused-ring (bicyclic) bond motifs is 1. The molecule has 2 aromatic carbocycles. The molecule has 8 heteroatoms. The van der Waals surface area contributed by atoms with Crippen molar-refractivity contribution in [3.63, 3.8) is 0 Å². The Morgan fingerprint density at radius 3 is 2.10 bits per heavy atom. The molecule has 2 atom stereocenters. The predicted octanol–water partition coefficient (Wildman–Crippen LogP) is 2.31. The van der Waals surface area contributed by atoms with Gasteiger partial charge in [-0.3, -0.25) is 4.57 Å². The van der Waals surface area contributed by atoms with Crippen molar-refractivity contribution in [2.24, 2.45) is 0 Å². The largest absolute Gasteiger partial charge is 0.467 e. The molecule has 0 spiro atoms. The Morgan fingerprint density at radius 1 is 1.06 bits per heavy atom. The minimum atomic E-state index is -2.87. The van der Waals surface area contributed by atoms with Gasteiger partial charge in [-0.05, 0) is 15.4 Å². The Balaban J connectivity index is 1.89. The maximum absolute atomic E-state index is 12.4. The van der Waals surface area contributed by atoms with Gasteiger partial charge in [-0.2, -0.15) is 5.10 Å². The van der Waals surface area contributed by atoms with E-state index >= 15 is 0 Å². The number of esters is 1. The summed E-state index contributed by atoms with van der Waals surface area (Å²) in [5.74, 6) is -0.0355. The maximum Gasteiger partial charge on any atom is 0.344 e. The van der Waals surface area contributed by atoms with E-state index in [1.165, 1.54) is 11.7 Å². The van der Waals surface area contributed by atoms with Crippen LogP contribution in [0.15, 0.2) is 65.5 Å². The van der Waals surface area contributed by atoms with Gasteiger partial charge in [-0.25, -0.2) is 14.7 Å². The second kappa shape index (κ2) is 7.94. The van der Waals surface area contributed by atoms with E-state index in [-0.39, 0.29) is 5.04 Å². The van der Waals surface area contributed by atoms with E-state index in [4.69, 9.17) is 9.16 Å². The number of carbonyl (C=O) groups is 1. The zero-order valence-corrected chi connectivity index (χ0v) is 19.2. The number of carbonyl (C=O) groups excluding carboxylic acids is 1. The van der Waals surface area contributed by atoms with Crippen LogP contribution in [0.4, 0.5) is 0 Å². The van der Waals surface area contributed by atoms with Gasteiger partial charge in [0.15, 0.2) is 5.82 Å². The number of nitrogens with one attached hydrogen (secondary N) is 1. The van der Waals surface area contributed by atoms with E-state index in [0.29, 0.717) is 12.2 Å². The summed E-state index contributed by atoms with van der Waals surface area (Å²) in [5, 5.41) is 8.69. The van der Waals surface area contributed by atoms with Gasteiger partial charge in [0.25, 0.3) is 8.32 Å². The van der Waals surface area contributed by atoms with Crippen LogP contribution in [-0.4, -0.2) is 36.2 Å². The maximum atomic E-state index is 12.4. The average Bonchev–Trinajstić information content (AvgIpc) is 3.32. The van der Waals surface area contributed by atoms with Gasteiger partial charge in [-0.15, -0.1) is 0 Å². The van der Waals surface area contributed by atoms with E-state index in [1.807, 2.05) is 36.4 Å². The first-order chi connectivity index (χ1) is 14.8. The van der Waals surface area contributed by atoms with Crippen LogP contribution < -0.4 is 16.1 Å². The molecule has 7 nitrogen and oxygen atoms in total. The predicted molar refractivity (Wildman–Crippen MR) is 120 cm³/mol. The molecule has 31 heavy (non-hydrogen) atoms. The van der Waals surface area contributed by atoms with Crippen LogP contribution in [-0.2, 0) is 14.0 Å². The molecule has 0 unspecified atom stereocenters. The van der Waals surface area contributed by atoms with E-state index in [9.17, 15) is 9.59 Å². The molecule has 1 aliphatic rings. The van der Waals surface area contributed by atoms with Crippen LogP contribution >= 0.6 is 0 Å². The van der Waals surface area contributed by atoms with E-state index < -0.39 is 32.1 Å². The number of aromatic amines is 1. The standard InChI is InChI=1S/C23H27N3O4Si/c1-23(2,3)31(16-11-7-5-8-12-16,17-13-9-6-10-14-17)30-19-15-18(21(27)29-4)26-20(19)24-25-22(26)28/h5-14,18-19H,15H2,1-4H3,(H,25,28)/t18-,19+/m0/s1. The summed E-state index contributed by atoms with van der Waals surface area (Å²) in [5.41, 5.74) is -0.432. The highest BCUT2D eigenvalue weighted by Crippen LogP contribution is 2.43. The monoisotopic (exact) mass is 437 g/mol. The number of nitrogens with zero attached hydrogens (tertiary/aromatic N) is 2. The molecule has 1 N–H and O–H groups in total. The summed E-state index contributed by atoms with van der Waals surface area (Å²) in [4.78, 5) is 24.8. The second-order valence-electron chi connectivity index (χ2n) is 8.80. The van der Waals surface area contributed by atoms with Crippen molar-refractivity contribution in [3.05, 3.63) is 77.0 Å². The number of aromatic nitrogens is 3. The number of H-pyrrole nitrogens is 1. The number of rotatable bonds is 5. The lowest BCUT2D eigenvalue weighted by Crippen LogP contribution is -2.66. The zero-order chi connectivity index (χ0) is 22.2. The Morgan fingerprint density at radius 2 is 1.61 bits per heavy atom. The molecule has 1 aliphatic heterocycles. The third kappa shape index (κ3) is 3.45. The van der Waals surface area contributed by atoms with Crippen LogP contribution in [0.5, 0.6) is 0 Å². The number of benzene rings is 2. The minimum absolute atomic E-state index is 0.236. The molecular weight excluding hydrogens is 410 g/mol. The van der Waals surface area contributed by atoms with Crippen LogP contribution in [0.3, 0.4) is 0 Å². The highest BCUT2D eigenvalue weighted by atomic mass is 28.4. The quantitative estimate of drug-likeness (QED) is 0.489. The Hall–Kier alpha value is -2.97. The molecule has 0 saturated heterocycles. The van der Waals surface area contributed by atoms with Crippen molar-refractivity contribution < 1.29 is 14.0 Å². The topological polar surface area (TPSA) is 86.2 Å². The zero-order valence-electron chi connectivity index (χ0n) is 18.2. The number of methoxy groups -OCH3 is 1. The molecular formula is C23H27N3O4Si. The molecule has 3 aromatic rings. The third-order valence-electron chi connectivity index (χ3n) is 5.98. The molecule has 162 valence electrons. The molecule has 2 heterocycles. The summed E-state index contributed by atoms with van der Waals surface area (Å²) in [7, 11) is -1.55. The highest BCUT2D eigenvalue weighted by Gasteiger charge is 2.54. The van der Waals surface area contributed by atoms with Crippen molar-refractivity contribution in [2.45, 2.75) is 44.4 Å². The van der Waals surface area contributed by atoms with Gasteiger partial charge in [0.2, 0.25) is 0 Å². The molecule has 0 amide bonds. The van der Waals surface area contributed by atoms with Gasteiger partial charge in [0, 0.05) is 6.42 Å². The van der Waals surface area contributed by atoms with Gasteiger partial charge in [0.05, 0.1) is 7.11 Å². The fourth-order valence-corrected chi connectivity index (χ4v) is 9.25. The fourth-order valence-electron chi connectivity index (χ4n) is 4.60. The number of hydrogen-bond donors (Lipinski definition) is 1. The molecule has 0 bridgehead atoms. The first-order valence-electron chi connectivity index (χ1n) is 10.3. The van der Waals surface area contributed by atoms with Crippen LogP contribution in [0.25, 0.3) is 0 Å². The normalized spacial score (nSPS) is 18.6. The summed E-state index contributed by atoms with van der Waals surface area (Å²) < 4.78 is 13.4. The first-order valence-corrected chi connectivity index (χ1v) is 12.2. The molecule has 0 radical (unpaired) electrons. The van der Waals surface area contributed by atoms with Crippen LogP contribution in [0.1, 0.15) is 45.2 Å². The van der Waals surface area contributed by atoms with Gasteiger partial charge >= 0.3 is 11.7 Å². The smallest absolute Gasteiger partial charge is 0.344 e. The average molecular weight is 438 g/mol. The van der Waals surface area contributed by atoms with Crippen molar-refractivity contribution in [2.75, 3.05) is 7.11 Å². The fraction of sp³-hybridized carbons (Fsp3) is 0.348. The van der Waals surface area contributed by atoms with E-state index in [1.54, 1.807) is 0 Å². The Bertz CT molecular complexity index is 1080. The van der Waals surface area contributed by atoms with Gasteiger partial charge in [-0.1, -0.05) is 81.4 Å². The van der Waals surface area contributed by atoms with Crippen molar-refractivity contribution in [3.8, 4) is 0 Å². The van der Waals surface area contributed by atoms with Crippen molar-refractivity contribution in [1.82, 2.24) is 14.8 Å². The summed E-state index contributed by atoms with van der Waals surface area (Å²) in [6, 6.07) is 19.7. The van der Waals surface area contributed by atoms with Crippen LogP contribution in [0.2, 0.25) is 5.04 Å². The first kappa shape index (κ1) is 21.3. The molecule has 4 rings (SSSR count). The number of hydrogen-bond acceptors (Lipinski definition) is 5. The Kier molecular flexibility index (Phi) is 5.45. The summed E-state index contributed by atoms with van der Waals surface area (Å²) >= 11 is 0. The van der Waals surface area contributed by atoms with Crippen LogP contribution in [0, 0.1) is 0 Å². The van der Waals surface area contributed by atoms with Gasteiger partial charge < -0.3 is 9.16 Å². The second-order valence-corrected chi connectivity index (χ2v) is 13.1. The summed E-state index contributed by atoms with van der Waals surface area (Å²) in [6.07, 6.45) is -0.210. The van der Waals surface area contributed by atoms with E-state index in [0.717, 1.165) is 10.4 Å². The third-order valence-corrected chi connectivity index (χ3v) is 11.0. The highest BCUT2D eigenvalue weighted by molar-refractivity contribution is 6.99. The summed E-state index contributed by atoms with van der Waals surface area (Å²) in [6.45, 7) is 6.55. The lowest BCUT2D eigenvalue weighted by atomic mass is 10.2. The number of ether oxygens (including phenoxy) is 1. The van der Waals surface area contributed by atoms with Gasteiger partial charge in [0.1, 0.15) is 12.1 Å². The molecule has 1 aromatic heterocycles. The SMILES string of the molecule is COC(=O)[C@@H]1C[C@@H](O[Si](c2ccccc2)(c2ccccc2)C(C)(C)C)c2n[nH]c(=O)n21. The Labute approximate surface area is 182 Å². The van der Waals surface area contributed by atoms with Crippen molar-refractivity contribution >= 4 is 24.7 Å².